The number of ether oxygens (including phenoxy) is 1. The Bertz CT molecular complexity index is 369. The van der Waals surface area contributed by atoms with E-state index in [2.05, 4.69) is 9.72 Å². The highest BCUT2D eigenvalue weighted by Gasteiger charge is 2.20. The van der Waals surface area contributed by atoms with Crippen molar-refractivity contribution < 1.29 is 18.3 Å². The van der Waals surface area contributed by atoms with Crippen molar-refractivity contribution in [2.75, 3.05) is 12.3 Å². The van der Waals surface area contributed by atoms with Crippen molar-refractivity contribution in [2.45, 2.75) is 13.3 Å². The van der Waals surface area contributed by atoms with Crippen LogP contribution in [0.1, 0.15) is 29.3 Å². The quantitative estimate of drug-likeness (QED) is 0.782. The predicted molar refractivity (Wildman–Crippen MR) is 49.6 cm³/mol. The Morgan fingerprint density at radius 2 is 2.33 bits per heavy atom. The van der Waals surface area contributed by atoms with Gasteiger partial charge in [-0.2, -0.15) is 0 Å². The molecule has 82 valence electrons. The molecule has 0 radical (unpaired) electrons. The maximum absolute atomic E-state index is 12.5. The molecule has 0 aromatic carbocycles. The summed E-state index contributed by atoms with van der Waals surface area (Å²) in [6.45, 7) is 1.70. The van der Waals surface area contributed by atoms with Gasteiger partial charge in [-0.25, -0.2) is 18.6 Å². The Kier molecular flexibility index (Phi) is 3.54. The summed E-state index contributed by atoms with van der Waals surface area (Å²) in [7, 11) is 0. The Morgan fingerprint density at radius 3 is 2.87 bits per heavy atom. The van der Waals surface area contributed by atoms with E-state index in [1.54, 1.807) is 6.92 Å². The molecule has 0 amide bonds. The van der Waals surface area contributed by atoms with Crippen LogP contribution < -0.4 is 5.73 Å². The van der Waals surface area contributed by atoms with Crippen LogP contribution in [0.4, 0.5) is 14.6 Å². The summed E-state index contributed by atoms with van der Waals surface area (Å²) >= 11 is 0. The van der Waals surface area contributed by atoms with E-state index in [0.29, 0.717) is 0 Å². The summed E-state index contributed by atoms with van der Waals surface area (Å²) in [5, 5.41) is 0. The topological polar surface area (TPSA) is 65.2 Å². The molecule has 4 nitrogen and oxygen atoms in total. The van der Waals surface area contributed by atoms with Gasteiger partial charge in [0.15, 0.2) is 0 Å². The molecule has 1 heterocycles. The van der Waals surface area contributed by atoms with Crippen LogP contribution in [0.25, 0.3) is 0 Å². The average Bonchev–Trinajstić information content (AvgIpc) is 2.17. The molecule has 2 N–H and O–H groups in total. The van der Waals surface area contributed by atoms with Gasteiger partial charge in [-0.1, -0.05) is 0 Å². The third-order valence-corrected chi connectivity index (χ3v) is 1.69. The standard InChI is InChI=1S/C9H10F2N2O2/c1-2-15-9(14)5-3-7(12)13-4-6(5)8(10)11/h3-4,8H,2H2,1H3,(H2,12,13). The Labute approximate surface area is 85.1 Å². The number of esters is 1. The van der Waals surface area contributed by atoms with Crippen LogP contribution in [0, 0.1) is 0 Å². The number of carbonyl (C=O) groups is 1. The van der Waals surface area contributed by atoms with Gasteiger partial charge in [0.1, 0.15) is 5.82 Å². The summed E-state index contributed by atoms with van der Waals surface area (Å²) in [6, 6.07) is 1.08. The van der Waals surface area contributed by atoms with E-state index in [9.17, 15) is 13.6 Å². The predicted octanol–water partition coefficient (Wildman–Crippen LogP) is 1.78. The van der Waals surface area contributed by atoms with Gasteiger partial charge in [-0.05, 0) is 13.0 Å². The molecule has 15 heavy (non-hydrogen) atoms. The van der Waals surface area contributed by atoms with Gasteiger partial charge in [-0.3, -0.25) is 0 Å². The summed E-state index contributed by atoms with van der Waals surface area (Å²) in [5.41, 5.74) is 4.59. The zero-order valence-corrected chi connectivity index (χ0v) is 8.04. The summed E-state index contributed by atoms with van der Waals surface area (Å²) in [4.78, 5) is 14.8. The lowest BCUT2D eigenvalue weighted by Crippen LogP contribution is -2.10. The second-order valence-corrected chi connectivity index (χ2v) is 2.72. The molecule has 6 heteroatoms. The van der Waals surface area contributed by atoms with Crippen molar-refractivity contribution in [3.05, 3.63) is 23.4 Å². The number of carbonyl (C=O) groups excluding carboxylic acids is 1. The third-order valence-electron chi connectivity index (χ3n) is 1.69. The third kappa shape index (κ3) is 2.61. The zero-order chi connectivity index (χ0) is 11.4. The van der Waals surface area contributed by atoms with Crippen molar-refractivity contribution in [3.63, 3.8) is 0 Å². The number of halogens is 2. The average molecular weight is 216 g/mol. The van der Waals surface area contributed by atoms with Crippen LogP contribution in [0.2, 0.25) is 0 Å². The largest absolute Gasteiger partial charge is 0.462 e. The fourth-order valence-electron chi connectivity index (χ4n) is 1.04. The smallest absolute Gasteiger partial charge is 0.338 e. The van der Waals surface area contributed by atoms with Crippen LogP contribution in [0.15, 0.2) is 12.3 Å². The summed E-state index contributed by atoms with van der Waals surface area (Å²) in [5.74, 6) is -0.815. The highest BCUT2D eigenvalue weighted by Crippen LogP contribution is 2.23. The lowest BCUT2D eigenvalue weighted by Gasteiger charge is -2.07. The Morgan fingerprint density at radius 1 is 1.67 bits per heavy atom. The van der Waals surface area contributed by atoms with Crippen LogP contribution in [0.5, 0.6) is 0 Å². The van der Waals surface area contributed by atoms with Crippen molar-refractivity contribution in [1.29, 1.82) is 0 Å². The molecular weight excluding hydrogens is 206 g/mol. The van der Waals surface area contributed by atoms with Gasteiger partial charge in [0, 0.05) is 6.20 Å². The van der Waals surface area contributed by atoms with Gasteiger partial charge in [0.05, 0.1) is 17.7 Å². The minimum Gasteiger partial charge on any atom is -0.462 e. The van der Waals surface area contributed by atoms with E-state index < -0.39 is 18.0 Å². The molecule has 0 aliphatic heterocycles. The second kappa shape index (κ2) is 4.68. The van der Waals surface area contributed by atoms with E-state index >= 15 is 0 Å². The van der Waals surface area contributed by atoms with Crippen LogP contribution in [0.3, 0.4) is 0 Å². The lowest BCUT2D eigenvalue weighted by molar-refractivity contribution is 0.0515. The number of rotatable bonds is 3. The normalized spacial score (nSPS) is 10.4. The van der Waals surface area contributed by atoms with Crippen LogP contribution in [-0.2, 0) is 4.74 Å². The molecule has 1 rings (SSSR count). The molecular formula is C9H10F2N2O2. The number of anilines is 1. The minimum atomic E-state index is -2.78. The molecule has 0 aliphatic rings. The van der Waals surface area contributed by atoms with Gasteiger partial charge < -0.3 is 10.5 Å². The molecule has 0 bridgehead atoms. The fourth-order valence-corrected chi connectivity index (χ4v) is 1.04. The molecule has 0 saturated heterocycles. The molecule has 0 fully saturated rings. The number of hydrogen-bond acceptors (Lipinski definition) is 4. The van der Waals surface area contributed by atoms with Crippen molar-refractivity contribution in [3.8, 4) is 0 Å². The Balaban J connectivity index is 3.12. The van der Waals surface area contributed by atoms with Crippen molar-refractivity contribution in [1.82, 2.24) is 4.98 Å². The van der Waals surface area contributed by atoms with E-state index in [-0.39, 0.29) is 18.0 Å². The summed E-state index contributed by atoms with van der Waals surface area (Å²) < 4.78 is 29.6. The van der Waals surface area contributed by atoms with Crippen molar-refractivity contribution >= 4 is 11.8 Å². The number of nitrogen functional groups attached to an aromatic ring is 1. The highest BCUT2D eigenvalue weighted by atomic mass is 19.3. The first-order valence-electron chi connectivity index (χ1n) is 4.27. The lowest BCUT2D eigenvalue weighted by atomic mass is 10.1. The maximum Gasteiger partial charge on any atom is 0.338 e. The maximum atomic E-state index is 12.5. The minimum absolute atomic E-state index is 0.00227. The van der Waals surface area contributed by atoms with E-state index in [1.165, 1.54) is 0 Å². The Hall–Kier alpha value is -1.72. The molecule has 0 atom stereocenters. The SMILES string of the molecule is CCOC(=O)c1cc(N)ncc1C(F)F. The van der Waals surface area contributed by atoms with E-state index in [0.717, 1.165) is 12.3 Å². The number of alkyl halides is 2. The first-order valence-corrected chi connectivity index (χ1v) is 4.27. The first-order chi connectivity index (χ1) is 7.06. The first kappa shape index (κ1) is 11.4. The highest BCUT2D eigenvalue weighted by molar-refractivity contribution is 5.91. The van der Waals surface area contributed by atoms with E-state index in [1.807, 2.05) is 0 Å². The number of pyridine rings is 1. The number of nitrogens with two attached hydrogens (primary N) is 1. The molecule has 0 spiro atoms. The van der Waals surface area contributed by atoms with Gasteiger partial charge >= 0.3 is 5.97 Å². The second-order valence-electron chi connectivity index (χ2n) is 2.72. The summed E-state index contributed by atoms with van der Waals surface area (Å²) in [6.07, 6.45) is -1.90. The monoisotopic (exact) mass is 216 g/mol. The zero-order valence-electron chi connectivity index (χ0n) is 8.04. The van der Waals surface area contributed by atoms with Crippen LogP contribution >= 0.6 is 0 Å². The molecule has 1 aromatic heterocycles. The van der Waals surface area contributed by atoms with Crippen molar-refractivity contribution in [2.24, 2.45) is 0 Å². The van der Waals surface area contributed by atoms with Gasteiger partial charge in [0.2, 0.25) is 0 Å². The number of aromatic nitrogens is 1. The van der Waals surface area contributed by atoms with Gasteiger partial charge in [0.25, 0.3) is 6.43 Å². The van der Waals surface area contributed by atoms with Crippen LogP contribution in [-0.4, -0.2) is 17.6 Å². The number of nitrogens with zero attached hydrogens (tertiary/aromatic N) is 1. The molecule has 0 saturated carbocycles. The number of hydrogen-bond donors (Lipinski definition) is 1. The van der Waals surface area contributed by atoms with Gasteiger partial charge in [-0.15, -0.1) is 0 Å². The molecule has 1 aromatic rings. The molecule has 0 aliphatic carbocycles. The fraction of sp³-hybridized carbons (Fsp3) is 0.333. The molecule has 0 unspecified atom stereocenters. The van der Waals surface area contributed by atoms with E-state index in [4.69, 9.17) is 5.73 Å².